The third-order valence-electron chi connectivity index (χ3n) is 4.92. The van der Waals surface area contributed by atoms with Crippen LogP contribution in [-0.4, -0.2) is 44.8 Å². The van der Waals surface area contributed by atoms with Gasteiger partial charge in [0.2, 0.25) is 15.9 Å². The van der Waals surface area contributed by atoms with Gasteiger partial charge in [-0.2, -0.15) is 0 Å². The normalized spacial score (nSPS) is 11.4. The van der Waals surface area contributed by atoms with E-state index in [2.05, 4.69) is 0 Å². The van der Waals surface area contributed by atoms with Crippen molar-refractivity contribution in [2.45, 2.75) is 19.8 Å². The number of hydrogen-bond donors (Lipinski definition) is 0. The average molecular weight is 429 g/mol. The Bertz CT molecular complexity index is 1200. The standard InChI is InChI=1S/C22H24N2O5S/c1-16-9-4-6-11-19(16)24(30(3,27)28)14-8-13-21(25)23-15-18(22(26)29-2)17-10-5-7-12-20(17)23/h4-7,9-12,15H,8,13-14H2,1-3H3. The molecule has 0 fully saturated rings. The van der Waals surface area contributed by atoms with Crippen molar-refractivity contribution in [2.24, 2.45) is 0 Å². The molecule has 0 aliphatic carbocycles. The molecule has 30 heavy (non-hydrogen) atoms. The average Bonchev–Trinajstić information content (AvgIpc) is 3.10. The first-order valence-electron chi connectivity index (χ1n) is 9.49. The molecule has 0 saturated heterocycles. The van der Waals surface area contributed by atoms with Crippen molar-refractivity contribution in [3.8, 4) is 0 Å². The summed E-state index contributed by atoms with van der Waals surface area (Å²) in [6, 6.07) is 14.3. The molecule has 8 heteroatoms. The second-order valence-electron chi connectivity index (χ2n) is 7.04. The van der Waals surface area contributed by atoms with Crippen LogP contribution in [0.15, 0.2) is 54.7 Å². The minimum absolute atomic E-state index is 0.122. The van der Waals surface area contributed by atoms with Crippen molar-refractivity contribution in [2.75, 3.05) is 24.2 Å². The molecule has 0 bridgehead atoms. The molecule has 2 aromatic carbocycles. The molecule has 3 rings (SSSR count). The number of rotatable bonds is 7. The minimum Gasteiger partial charge on any atom is -0.465 e. The number of nitrogens with zero attached hydrogens (tertiary/aromatic N) is 2. The summed E-state index contributed by atoms with van der Waals surface area (Å²) in [5.41, 5.74) is 2.38. The van der Waals surface area contributed by atoms with Gasteiger partial charge >= 0.3 is 5.97 Å². The highest BCUT2D eigenvalue weighted by Crippen LogP contribution is 2.24. The third-order valence-corrected chi connectivity index (χ3v) is 6.10. The summed E-state index contributed by atoms with van der Waals surface area (Å²) in [6.45, 7) is 2.03. The van der Waals surface area contributed by atoms with Gasteiger partial charge in [-0.25, -0.2) is 13.2 Å². The highest BCUT2D eigenvalue weighted by atomic mass is 32.2. The fourth-order valence-electron chi connectivity index (χ4n) is 3.46. The van der Waals surface area contributed by atoms with Gasteiger partial charge in [-0.1, -0.05) is 36.4 Å². The van der Waals surface area contributed by atoms with E-state index in [1.807, 2.05) is 19.1 Å². The number of sulfonamides is 1. The molecule has 0 spiro atoms. The van der Waals surface area contributed by atoms with Crippen molar-refractivity contribution >= 4 is 38.5 Å². The first-order chi connectivity index (χ1) is 14.2. The maximum Gasteiger partial charge on any atom is 0.340 e. The second-order valence-corrected chi connectivity index (χ2v) is 8.95. The lowest BCUT2D eigenvalue weighted by Gasteiger charge is -2.24. The number of carbonyl (C=O) groups excluding carboxylic acids is 2. The monoisotopic (exact) mass is 428 g/mol. The fraction of sp³-hybridized carbons (Fsp3) is 0.273. The van der Waals surface area contributed by atoms with Crippen molar-refractivity contribution in [3.05, 3.63) is 65.9 Å². The predicted octanol–water partition coefficient (Wildman–Crippen LogP) is 3.62. The smallest absolute Gasteiger partial charge is 0.340 e. The maximum atomic E-state index is 12.9. The first-order valence-corrected chi connectivity index (χ1v) is 11.3. The van der Waals surface area contributed by atoms with E-state index in [1.54, 1.807) is 36.4 Å². The number of carbonyl (C=O) groups is 2. The van der Waals surface area contributed by atoms with Gasteiger partial charge in [0.1, 0.15) is 0 Å². The molecule has 0 atom stereocenters. The lowest BCUT2D eigenvalue weighted by atomic mass is 10.2. The Balaban J connectivity index is 1.80. The molecule has 3 aromatic rings. The van der Waals surface area contributed by atoms with E-state index < -0.39 is 16.0 Å². The number of hydrogen-bond acceptors (Lipinski definition) is 5. The Morgan fingerprint density at radius 1 is 1.07 bits per heavy atom. The molecular weight excluding hydrogens is 404 g/mol. The summed E-state index contributed by atoms with van der Waals surface area (Å²) in [7, 11) is -2.20. The van der Waals surface area contributed by atoms with Crippen molar-refractivity contribution in [3.63, 3.8) is 0 Å². The van der Waals surface area contributed by atoms with E-state index in [-0.39, 0.29) is 18.9 Å². The van der Waals surface area contributed by atoms with Crippen LogP contribution in [-0.2, 0) is 14.8 Å². The van der Waals surface area contributed by atoms with Gasteiger partial charge in [-0.3, -0.25) is 13.7 Å². The predicted molar refractivity (Wildman–Crippen MR) is 117 cm³/mol. The number of aryl methyl sites for hydroxylation is 1. The SMILES string of the molecule is COC(=O)c1cn(C(=O)CCCN(c2ccccc2C)S(C)(=O)=O)c2ccccc12. The van der Waals surface area contributed by atoms with Gasteiger partial charge in [0.25, 0.3) is 0 Å². The van der Waals surface area contributed by atoms with E-state index in [0.29, 0.717) is 28.6 Å². The van der Waals surface area contributed by atoms with E-state index in [1.165, 1.54) is 22.2 Å². The number of benzene rings is 2. The highest BCUT2D eigenvalue weighted by molar-refractivity contribution is 7.92. The number of fused-ring (bicyclic) bond motifs is 1. The molecule has 0 unspecified atom stereocenters. The summed E-state index contributed by atoms with van der Waals surface area (Å²) in [4.78, 5) is 24.9. The zero-order chi connectivity index (χ0) is 21.9. The van der Waals surface area contributed by atoms with Crippen molar-refractivity contribution < 1.29 is 22.7 Å². The number of aromatic nitrogens is 1. The van der Waals surface area contributed by atoms with Gasteiger partial charge < -0.3 is 4.74 Å². The van der Waals surface area contributed by atoms with E-state index >= 15 is 0 Å². The van der Waals surface area contributed by atoms with Crippen LogP contribution < -0.4 is 4.31 Å². The van der Waals surface area contributed by atoms with Crippen molar-refractivity contribution in [1.29, 1.82) is 0 Å². The molecule has 158 valence electrons. The van der Waals surface area contributed by atoms with Gasteiger partial charge in [-0.15, -0.1) is 0 Å². The lowest BCUT2D eigenvalue weighted by Crippen LogP contribution is -2.32. The lowest BCUT2D eigenvalue weighted by molar-refractivity contribution is 0.0603. The molecule has 0 radical (unpaired) electrons. The van der Waals surface area contributed by atoms with Gasteiger partial charge in [0.05, 0.1) is 30.1 Å². The zero-order valence-corrected chi connectivity index (χ0v) is 18.0. The summed E-state index contributed by atoms with van der Waals surface area (Å²) in [5, 5.41) is 0.635. The van der Waals surface area contributed by atoms with Gasteiger partial charge in [0.15, 0.2) is 0 Å². The molecule has 0 aliphatic rings. The molecule has 0 amide bonds. The molecule has 0 N–H and O–H groups in total. The minimum atomic E-state index is -3.49. The molecule has 1 heterocycles. The van der Waals surface area contributed by atoms with Crippen LogP contribution >= 0.6 is 0 Å². The quantitative estimate of drug-likeness (QED) is 0.537. The zero-order valence-electron chi connectivity index (χ0n) is 17.2. The number of ether oxygens (including phenoxy) is 1. The van der Waals surface area contributed by atoms with Crippen LogP contribution in [0.5, 0.6) is 0 Å². The topological polar surface area (TPSA) is 85.7 Å². The van der Waals surface area contributed by atoms with Crippen LogP contribution in [0, 0.1) is 6.92 Å². The van der Waals surface area contributed by atoms with Crippen LogP contribution in [0.2, 0.25) is 0 Å². The van der Waals surface area contributed by atoms with Gasteiger partial charge in [0, 0.05) is 24.5 Å². The largest absolute Gasteiger partial charge is 0.465 e. The summed E-state index contributed by atoms with van der Waals surface area (Å²) >= 11 is 0. The number of para-hydroxylation sites is 2. The summed E-state index contributed by atoms with van der Waals surface area (Å²) < 4.78 is 32.2. The molecule has 0 saturated carbocycles. The van der Waals surface area contributed by atoms with E-state index in [9.17, 15) is 18.0 Å². The first kappa shape index (κ1) is 21.6. The van der Waals surface area contributed by atoms with Crippen LogP contribution in [0.25, 0.3) is 10.9 Å². The Morgan fingerprint density at radius 3 is 2.40 bits per heavy atom. The highest BCUT2D eigenvalue weighted by Gasteiger charge is 2.21. The Kier molecular flexibility index (Phi) is 6.26. The second kappa shape index (κ2) is 8.71. The van der Waals surface area contributed by atoms with Crippen LogP contribution in [0.1, 0.15) is 33.6 Å². The Hall–Kier alpha value is -3.13. The summed E-state index contributed by atoms with van der Waals surface area (Å²) in [6.07, 6.45) is 3.09. The van der Waals surface area contributed by atoms with E-state index in [4.69, 9.17) is 4.74 Å². The van der Waals surface area contributed by atoms with E-state index in [0.717, 1.165) is 11.8 Å². The maximum absolute atomic E-state index is 12.9. The third kappa shape index (κ3) is 4.38. The molecule has 7 nitrogen and oxygen atoms in total. The van der Waals surface area contributed by atoms with Gasteiger partial charge in [-0.05, 0) is 31.0 Å². The molecule has 0 aliphatic heterocycles. The van der Waals surface area contributed by atoms with Crippen molar-refractivity contribution in [1.82, 2.24) is 4.57 Å². The Labute approximate surface area is 175 Å². The summed E-state index contributed by atoms with van der Waals surface area (Å²) in [5.74, 6) is -0.736. The van der Waals surface area contributed by atoms with Crippen LogP contribution in [0.3, 0.4) is 0 Å². The molecular formula is C22H24N2O5S. The number of methoxy groups -OCH3 is 1. The van der Waals surface area contributed by atoms with Crippen LogP contribution in [0.4, 0.5) is 5.69 Å². The molecule has 1 aromatic heterocycles. The fourth-order valence-corrected chi connectivity index (χ4v) is 4.48. The number of esters is 1. The number of anilines is 1. The Morgan fingerprint density at radius 2 is 1.73 bits per heavy atom.